The van der Waals surface area contributed by atoms with Crippen LogP contribution < -0.4 is 11.1 Å². The third-order valence-corrected chi connectivity index (χ3v) is 2.07. The predicted octanol–water partition coefficient (Wildman–Crippen LogP) is 0.832. The van der Waals surface area contributed by atoms with Crippen molar-refractivity contribution >= 4 is 5.96 Å². The number of rotatable bonds is 5. The summed E-state index contributed by atoms with van der Waals surface area (Å²) >= 11 is 0. The number of nitrogens with one attached hydrogen (secondary N) is 1. The summed E-state index contributed by atoms with van der Waals surface area (Å²) in [6.45, 7) is 7.79. The summed E-state index contributed by atoms with van der Waals surface area (Å²) < 4.78 is 1.91. The van der Waals surface area contributed by atoms with Crippen molar-refractivity contribution in [2.45, 2.75) is 33.4 Å². The molecule has 16 heavy (non-hydrogen) atoms. The summed E-state index contributed by atoms with van der Waals surface area (Å²) in [5.41, 5.74) is 5.71. The number of guanidine groups is 1. The SMILES string of the molecule is CC(CN=C(N)NC(C)C)Cn1cccn1. The van der Waals surface area contributed by atoms with E-state index in [-0.39, 0.29) is 0 Å². The maximum absolute atomic E-state index is 5.71. The largest absolute Gasteiger partial charge is 0.370 e. The first kappa shape index (κ1) is 12.5. The minimum absolute atomic E-state index is 0.324. The van der Waals surface area contributed by atoms with E-state index in [0.717, 1.165) is 6.54 Å². The molecule has 0 aliphatic heterocycles. The van der Waals surface area contributed by atoms with E-state index in [1.165, 1.54) is 0 Å². The van der Waals surface area contributed by atoms with Gasteiger partial charge in [0, 0.05) is 31.5 Å². The fourth-order valence-corrected chi connectivity index (χ4v) is 1.38. The Hall–Kier alpha value is -1.52. The van der Waals surface area contributed by atoms with E-state index in [1.807, 2.05) is 30.8 Å². The van der Waals surface area contributed by atoms with Crippen LogP contribution in [-0.4, -0.2) is 28.3 Å². The predicted molar refractivity (Wildman–Crippen MR) is 66.2 cm³/mol. The number of aliphatic imine (C=N–C) groups is 1. The van der Waals surface area contributed by atoms with Gasteiger partial charge in [-0.1, -0.05) is 6.92 Å². The van der Waals surface area contributed by atoms with Gasteiger partial charge in [-0.2, -0.15) is 5.10 Å². The normalized spacial score (nSPS) is 14.1. The van der Waals surface area contributed by atoms with Crippen molar-refractivity contribution in [1.29, 1.82) is 0 Å². The van der Waals surface area contributed by atoms with Crippen LogP contribution >= 0.6 is 0 Å². The molecular formula is C11H21N5. The summed E-state index contributed by atoms with van der Waals surface area (Å²) in [5.74, 6) is 0.940. The molecule has 1 rings (SSSR count). The lowest BCUT2D eigenvalue weighted by molar-refractivity contribution is 0.458. The number of nitrogens with two attached hydrogens (primary N) is 1. The average molecular weight is 223 g/mol. The minimum atomic E-state index is 0.324. The lowest BCUT2D eigenvalue weighted by Crippen LogP contribution is -2.37. The van der Waals surface area contributed by atoms with Gasteiger partial charge >= 0.3 is 0 Å². The first-order valence-corrected chi connectivity index (χ1v) is 5.62. The van der Waals surface area contributed by atoms with Gasteiger partial charge in [-0.05, 0) is 25.8 Å². The molecule has 1 aromatic rings. The fourth-order valence-electron chi connectivity index (χ4n) is 1.38. The van der Waals surface area contributed by atoms with Crippen LogP contribution in [0.5, 0.6) is 0 Å². The maximum atomic E-state index is 5.71. The first-order valence-electron chi connectivity index (χ1n) is 5.62. The Bertz CT molecular complexity index is 315. The van der Waals surface area contributed by atoms with Crippen molar-refractivity contribution < 1.29 is 0 Å². The van der Waals surface area contributed by atoms with Crippen molar-refractivity contribution in [3.8, 4) is 0 Å². The molecule has 5 heteroatoms. The van der Waals surface area contributed by atoms with Crippen molar-refractivity contribution in [2.24, 2.45) is 16.6 Å². The maximum Gasteiger partial charge on any atom is 0.188 e. The second-order valence-electron chi connectivity index (χ2n) is 4.36. The molecule has 0 aromatic carbocycles. The van der Waals surface area contributed by atoms with Crippen LogP contribution in [0.25, 0.3) is 0 Å². The monoisotopic (exact) mass is 223 g/mol. The molecule has 0 saturated carbocycles. The Morgan fingerprint density at radius 1 is 1.50 bits per heavy atom. The van der Waals surface area contributed by atoms with Crippen LogP contribution in [0.15, 0.2) is 23.5 Å². The minimum Gasteiger partial charge on any atom is -0.370 e. The number of hydrogen-bond acceptors (Lipinski definition) is 2. The van der Waals surface area contributed by atoms with Gasteiger partial charge in [0.25, 0.3) is 0 Å². The van der Waals surface area contributed by atoms with Crippen LogP contribution in [-0.2, 0) is 6.54 Å². The molecule has 0 fully saturated rings. The van der Waals surface area contributed by atoms with Crippen LogP contribution in [0.4, 0.5) is 0 Å². The van der Waals surface area contributed by atoms with Gasteiger partial charge in [-0.25, -0.2) is 0 Å². The molecule has 0 amide bonds. The Balaban J connectivity index is 2.31. The van der Waals surface area contributed by atoms with E-state index in [2.05, 4.69) is 22.3 Å². The Labute approximate surface area is 96.7 Å². The molecule has 0 saturated heterocycles. The van der Waals surface area contributed by atoms with E-state index in [0.29, 0.717) is 24.5 Å². The van der Waals surface area contributed by atoms with Crippen LogP contribution in [0.1, 0.15) is 20.8 Å². The van der Waals surface area contributed by atoms with Crippen LogP contribution in [0.2, 0.25) is 0 Å². The molecule has 1 atom stereocenters. The van der Waals surface area contributed by atoms with Gasteiger partial charge in [-0.3, -0.25) is 9.67 Å². The summed E-state index contributed by atoms with van der Waals surface area (Å²) in [6, 6.07) is 2.25. The molecular weight excluding hydrogens is 202 g/mol. The highest BCUT2D eigenvalue weighted by atomic mass is 15.3. The van der Waals surface area contributed by atoms with Gasteiger partial charge in [-0.15, -0.1) is 0 Å². The average Bonchev–Trinajstić information content (AvgIpc) is 2.66. The number of nitrogens with zero attached hydrogens (tertiary/aromatic N) is 3. The van der Waals surface area contributed by atoms with Crippen molar-refractivity contribution in [3.63, 3.8) is 0 Å². The van der Waals surface area contributed by atoms with E-state index in [1.54, 1.807) is 6.20 Å². The molecule has 3 N–H and O–H groups in total. The van der Waals surface area contributed by atoms with Crippen LogP contribution in [0.3, 0.4) is 0 Å². The molecule has 0 bridgehead atoms. The molecule has 5 nitrogen and oxygen atoms in total. The highest BCUT2D eigenvalue weighted by molar-refractivity contribution is 5.78. The fraction of sp³-hybridized carbons (Fsp3) is 0.636. The zero-order chi connectivity index (χ0) is 12.0. The first-order chi connectivity index (χ1) is 7.58. The Morgan fingerprint density at radius 3 is 2.81 bits per heavy atom. The zero-order valence-corrected chi connectivity index (χ0v) is 10.2. The molecule has 0 spiro atoms. The molecule has 0 aliphatic rings. The number of hydrogen-bond donors (Lipinski definition) is 2. The van der Waals surface area contributed by atoms with Gasteiger partial charge in [0.15, 0.2) is 5.96 Å². The second kappa shape index (κ2) is 6.15. The summed E-state index contributed by atoms with van der Waals surface area (Å²) in [5, 5.41) is 7.22. The third-order valence-electron chi connectivity index (χ3n) is 2.07. The van der Waals surface area contributed by atoms with E-state index in [9.17, 15) is 0 Å². The molecule has 1 unspecified atom stereocenters. The van der Waals surface area contributed by atoms with Crippen molar-refractivity contribution in [2.75, 3.05) is 6.54 Å². The molecule has 0 aliphatic carbocycles. The molecule has 0 radical (unpaired) electrons. The summed E-state index contributed by atoms with van der Waals surface area (Å²) in [7, 11) is 0. The second-order valence-corrected chi connectivity index (χ2v) is 4.36. The molecule has 90 valence electrons. The Morgan fingerprint density at radius 2 is 2.25 bits per heavy atom. The highest BCUT2D eigenvalue weighted by Crippen LogP contribution is 1.99. The van der Waals surface area contributed by atoms with E-state index >= 15 is 0 Å². The summed E-state index contributed by atoms with van der Waals surface area (Å²) in [4.78, 5) is 4.29. The molecule has 1 heterocycles. The van der Waals surface area contributed by atoms with Crippen LogP contribution in [0, 0.1) is 5.92 Å². The van der Waals surface area contributed by atoms with Crippen molar-refractivity contribution in [1.82, 2.24) is 15.1 Å². The standard InChI is InChI=1S/C11H21N5/c1-9(2)15-11(12)13-7-10(3)8-16-6-4-5-14-16/h4-6,9-10H,7-8H2,1-3H3,(H3,12,13,15). The van der Waals surface area contributed by atoms with E-state index < -0.39 is 0 Å². The van der Waals surface area contributed by atoms with Gasteiger partial charge in [0.2, 0.25) is 0 Å². The van der Waals surface area contributed by atoms with Crippen molar-refractivity contribution in [3.05, 3.63) is 18.5 Å². The van der Waals surface area contributed by atoms with Gasteiger partial charge < -0.3 is 11.1 Å². The molecule has 1 aromatic heterocycles. The van der Waals surface area contributed by atoms with E-state index in [4.69, 9.17) is 5.73 Å². The lowest BCUT2D eigenvalue weighted by Gasteiger charge is -2.11. The zero-order valence-electron chi connectivity index (χ0n) is 10.2. The summed E-state index contributed by atoms with van der Waals surface area (Å²) in [6.07, 6.45) is 3.74. The topological polar surface area (TPSA) is 68.2 Å². The van der Waals surface area contributed by atoms with Gasteiger partial charge in [0.05, 0.1) is 0 Å². The lowest BCUT2D eigenvalue weighted by atomic mass is 10.2. The smallest absolute Gasteiger partial charge is 0.188 e. The quantitative estimate of drug-likeness (QED) is 0.574. The highest BCUT2D eigenvalue weighted by Gasteiger charge is 2.03. The Kier molecular flexibility index (Phi) is 4.82. The van der Waals surface area contributed by atoms with Gasteiger partial charge in [0.1, 0.15) is 0 Å². The number of aromatic nitrogens is 2. The third kappa shape index (κ3) is 4.82.